The average molecular weight is 369 g/mol. The number of nitrogen functional groups attached to an aromatic ring is 1. The van der Waals surface area contributed by atoms with Crippen molar-refractivity contribution in [1.29, 1.82) is 0 Å². The van der Waals surface area contributed by atoms with Crippen LogP contribution >= 0.6 is 0 Å². The fourth-order valence-corrected chi connectivity index (χ4v) is 5.20. The van der Waals surface area contributed by atoms with Gasteiger partial charge in [0.2, 0.25) is 0 Å². The summed E-state index contributed by atoms with van der Waals surface area (Å²) in [6.45, 7) is 9.69. The van der Waals surface area contributed by atoms with Crippen molar-refractivity contribution >= 4 is 15.8 Å². The fourth-order valence-electron chi connectivity index (χ4n) is 4.69. The monoisotopic (exact) mass is 368 g/mol. The molecule has 0 bridgehead atoms. The van der Waals surface area contributed by atoms with Crippen LogP contribution in [0.1, 0.15) is 58.4 Å². The van der Waals surface area contributed by atoms with E-state index in [-0.39, 0.29) is 22.6 Å². The molecule has 0 aromatic heterocycles. The number of benzene rings is 1. The second-order valence-corrected chi connectivity index (χ2v) is 10.3. The summed E-state index contributed by atoms with van der Waals surface area (Å²) in [7, 11) is -3.88. The minimum atomic E-state index is -3.88. The van der Waals surface area contributed by atoms with Gasteiger partial charge in [0.05, 0.1) is 5.75 Å². The van der Waals surface area contributed by atoms with Crippen LogP contribution in [0.3, 0.4) is 0 Å². The Labute approximate surface area is 152 Å². The van der Waals surface area contributed by atoms with Crippen LogP contribution in [0, 0.1) is 10.8 Å². The zero-order valence-corrected chi connectivity index (χ0v) is 16.6. The van der Waals surface area contributed by atoms with E-state index in [1.54, 1.807) is 0 Å². The van der Waals surface area contributed by atoms with Crippen LogP contribution in [0.15, 0.2) is 24.3 Å². The van der Waals surface area contributed by atoms with Crippen molar-refractivity contribution in [2.24, 2.45) is 10.8 Å². The van der Waals surface area contributed by atoms with E-state index in [1.165, 1.54) is 5.56 Å². The molecule has 1 fully saturated rings. The molecule has 142 valence electrons. The predicted molar refractivity (Wildman–Crippen MR) is 103 cm³/mol. The predicted octanol–water partition coefficient (Wildman–Crippen LogP) is 3.43. The van der Waals surface area contributed by atoms with Gasteiger partial charge in [-0.1, -0.05) is 39.8 Å². The number of hydrogen-bond donors (Lipinski definition) is 3. The van der Waals surface area contributed by atoms with E-state index in [1.807, 2.05) is 12.1 Å². The van der Waals surface area contributed by atoms with Gasteiger partial charge in [-0.05, 0) is 60.3 Å². The summed E-state index contributed by atoms with van der Waals surface area (Å²) in [4.78, 5) is 0. The molecule has 6 heteroatoms. The molecule has 0 heterocycles. The molecule has 0 atom stereocenters. The Balaban J connectivity index is 2.07. The number of nitrogens with one attached hydrogen (secondary N) is 1. The SMILES string of the molecule is CC1(C)CC(c2ccc(N)cc2)CC(C)(C)C1NCCCS(=O)(=O)O. The van der Waals surface area contributed by atoms with Gasteiger partial charge in [-0.25, -0.2) is 0 Å². The molecule has 1 saturated carbocycles. The van der Waals surface area contributed by atoms with Crippen molar-refractivity contribution in [3.05, 3.63) is 29.8 Å². The van der Waals surface area contributed by atoms with Crippen molar-refractivity contribution in [2.75, 3.05) is 18.0 Å². The van der Waals surface area contributed by atoms with Crippen LogP contribution in [-0.4, -0.2) is 31.3 Å². The molecule has 1 aliphatic carbocycles. The molecule has 5 nitrogen and oxygen atoms in total. The highest BCUT2D eigenvalue weighted by atomic mass is 32.2. The lowest BCUT2D eigenvalue weighted by Gasteiger charge is -2.53. The zero-order chi connectivity index (χ0) is 18.9. The minimum absolute atomic E-state index is 0.0753. The number of hydrogen-bond acceptors (Lipinski definition) is 4. The quantitative estimate of drug-likeness (QED) is 0.406. The zero-order valence-electron chi connectivity index (χ0n) is 15.7. The molecule has 0 unspecified atom stereocenters. The summed E-state index contributed by atoms with van der Waals surface area (Å²) in [6.07, 6.45) is 2.55. The second kappa shape index (κ2) is 7.25. The Kier molecular flexibility index (Phi) is 5.86. The van der Waals surface area contributed by atoms with Gasteiger partial charge in [0.1, 0.15) is 0 Å². The van der Waals surface area contributed by atoms with E-state index in [4.69, 9.17) is 10.3 Å². The van der Waals surface area contributed by atoms with Gasteiger partial charge in [-0.15, -0.1) is 0 Å². The summed E-state index contributed by atoms with van der Waals surface area (Å²) in [6, 6.07) is 8.48. The molecule has 0 aliphatic heterocycles. The molecule has 1 aromatic carbocycles. The van der Waals surface area contributed by atoms with Gasteiger partial charge in [-0.2, -0.15) is 8.42 Å². The molecule has 0 spiro atoms. The standard InChI is InChI=1S/C19H32N2O3S/c1-18(2)12-15(14-6-8-16(20)9-7-14)13-19(3,4)17(18)21-10-5-11-25(22,23)24/h6-9,15,17,21H,5,10-13,20H2,1-4H3,(H,22,23,24). The highest BCUT2D eigenvalue weighted by Crippen LogP contribution is 2.51. The van der Waals surface area contributed by atoms with Crippen LogP contribution in [0.4, 0.5) is 5.69 Å². The van der Waals surface area contributed by atoms with Crippen LogP contribution < -0.4 is 11.1 Å². The minimum Gasteiger partial charge on any atom is -0.399 e. The topological polar surface area (TPSA) is 92.4 Å². The van der Waals surface area contributed by atoms with E-state index >= 15 is 0 Å². The summed E-state index contributed by atoms with van der Waals surface area (Å²) in [5, 5.41) is 3.56. The van der Waals surface area contributed by atoms with Crippen molar-refractivity contribution in [1.82, 2.24) is 5.32 Å². The van der Waals surface area contributed by atoms with Gasteiger partial charge < -0.3 is 11.1 Å². The van der Waals surface area contributed by atoms with E-state index in [2.05, 4.69) is 45.1 Å². The Morgan fingerprint density at radius 3 is 2.12 bits per heavy atom. The summed E-state index contributed by atoms with van der Waals surface area (Å²) in [5.41, 5.74) is 8.09. The summed E-state index contributed by atoms with van der Waals surface area (Å²) >= 11 is 0. The van der Waals surface area contributed by atoms with E-state index < -0.39 is 10.1 Å². The highest BCUT2D eigenvalue weighted by Gasteiger charge is 2.47. The average Bonchev–Trinajstić information content (AvgIpc) is 2.43. The lowest BCUT2D eigenvalue weighted by Crippen LogP contribution is -2.55. The maximum Gasteiger partial charge on any atom is 0.264 e. The Bertz CT molecular complexity index is 663. The fraction of sp³-hybridized carbons (Fsp3) is 0.684. The second-order valence-electron chi connectivity index (χ2n) is 8.78. The van der Waals surface area contributed by atoms with Crippen molar-refractivity contribution in [3.63, 3.8) is 0 Å². The smallest absolute Gasteiger partial charge is 0.264 e. The molecule has 0 amide bonds. The third kappa shape index (κ3) is 5.43. The maximum atomic E-state index is 10.9. The third-order valence-electron chi connectivity index (χ3n) is 5.44. The first-order valence-electron chi connectivity index (χ1n) is 8.95. The van der Waals surface area contributed by atoms with Crippen LogP contribution in [0.25, 0.3) is 0 Å². The molecule has 0 radical (unpaired) electrons. The molecule has 2 rings (SSSR count). The van der Waals surface area contributed by atoms with E-state index in [9.17, 15) is 8.42 Å². The normalized spacial score (nSPS) is 25.6. The molecular weight excluding hydrogens is 336 g/mol. The summed E-state index contributed by atoms with van der Waals surface area (Å²) in [5.74, 6) is 0.295. The van der Waals surface area contributed by atoms with Crippen molar-refractivity contribution < 1.29 is 13.0 Å². The number of anilines is 1. The third-order valence-corrected chi connectivity index (χ3v) is 6.25. The Morgan fingerprint density at radius 1 is 1.12 bits per heavy atom. The van der Waals surface area contributed by atoms with E-state index in [0.717, 1.165) is 18.5 Å². The molecule has 1 aromatic rings. The number of rotatable bonds is 6. The van der Waals surface area contributed by atoms with Gasteiger partial charge in [0.25, 0.3) is 10.1 Å². The first kappa shape index (κ1) is 20.2. The van der Waals surface area contributed by atoms with Gasteiger partial charge in [0.15, 0.2) is 0 Å². The lowest BCUT2D eigenvalue weighted by molar-refractivity contribution is 0.0362. The van der Waals surface area contributed by atoms with Crippen LogP contribution in [-0.2, 0) is 10.1 Å². The van der Waals surface area contributed by atoms with Gasteiger partial charge in [-0.3, -0.25) is 4.55 Å². The molecule has 25 heavy (non-hydrogen) atoms. The largest absolute Gasteiger partial charge is 0.399 e. The summed E-state index contributed by atoms with van der Waals surface area (Å²) < 4.78 is 30.6. The number of nitrogens with two attached hydrogens (primary N) is 1. The Morgan fingerprint density at radius 2 is 1.64 bits per heavy atom. The van der Waals surface area contributed by atoms with Crippen LogP contribution in [0.5, 0.6) is 0 Å². The van der Waals surface area contributed by atoms with E-state index in [0.29, 0.717) is 18.9 Å². The first-order chi connectivity index (χ1) is 11.4. The van der Waals surface area contributed by atoms with Crippen molar-refractivity contribution in [2.45, 2.75) is 58.9 Å². The molecular formula is C19H32N2O3S. The molecule has 0 saturated heterocycles. The van der Waals surface area contributed by atoms with Crippen LogP contribution in [0.2, 0.25) is 0 Å². The van der Waals surface area contributed by atoms with Gasteiger partial charge in [0, 0.05) is 11.7 Å². The van der Waals surface area contributed by atoms with Gasteiger partial charge >= 0.3 is 0 Å². The van der Waals surface area contributed by atoms with Crippen molar-refractivity contribution in [3.8, 4) is 0 Å². The Hall–Kier alpha value is -1.11. The molecule has 4 N–H and O–H groups in total. The molecule has 1 aliphatic rings. The highest BCUT2D eigenvalue weighted by molar-refractivity contribution is 7.85. The lowest BCUT2D eigenvalue weighted by atomic mass is 9.57. The first-order valence-corrected chi connectivity index (χ1v) is 10.6. The maximum absolute atomic E-state index is 10.9.